The van der Waals surface area contributed by atoms with Gasteiger partial charge in [-0.1, -0.05) is 84.1 Å². The lowest BCUT2D eigenvalue weighted by Gasteiger charge is -2.15. The zero-order valence-corrected chi connectivity index (χ0v) is 21.4. The Bertz CT molecular complexity index is 638. The monoisotopic (exact) mass is 466 g/mol. The number of benzene rings is 1. The Labute approximate surface area is 200 Å². The molecule has 0 aliphatic heterocycles. The van der Waals surface area contributed by atoms with Crippen molar-refractivity contribution in [3.05, 3.63) is 23.8 Å². The third-order valence-corrected chi connectivity index (χ3v) is 5.62. The van der Waals surface area contributed by atoms with Gasteiger partial charge in [0.1, 0.15) is 0 Å². The van der Waals surface area contributed by atoms with Gasteiger partial charge in [0, 0.05) is 11.4 Å². The smallest absolute Gasteiger partial charge is 0.261 e. The number of aryl methyl sites for hydroxylation is 1. The summed E-state index contributed by atoms with van der Waals surface area (Å²) in [5.41, 5.74) is 2.88. The maximum Gasteiger partial charge on any atom is 0.261 e. The number of ether oxygens (including phenoxy) is 2. The van der Waals surface area contributed by atoms with E-state index in [4.69, 9.17) is 33.9 Å². The first-order valence-corrected chi connectivity index (χ1v) is 12.9. The maximum atomic E-state index is 5.68. The number of rotatable bonds is 16. The predicted octanol–water partition coefficient (Wildman–Crippen LogP) is 8.14. The van der Waals surface area contributed by atoms with Crippen LogP contribution in [0.5, 0.6) is 0 Å². The van der Waals surface area contributed by atoms with Crippen LogP contribution in [0.1, 0.15) is 96.5 Å². The normalized spacial score (nSPS) is 10.5. The molecule has 1 rings (SSSR count). The van der Waals surface area contributed by atoms with Crippen molar-refractivity contribution < 1.29 is 9.47 Å². The average molecular weight is 467 g/mol. The minimum absolute atomic E-state index is 0.408. The van der Waals surface area contributed by atoms with E-state index in [2.05, 4.69) is 24.5 Å². The van der Waals surface area contributed by atoms with Gasteiger partial charge in [-0.25, -0.2) is 0 Å². The van der Waals surface area contributed by atoms with Crippen molar-refractivity contribution >= 4 is 46.2 Å². The van der Waals surface area contributed by atoms with Crippen molar-refractivity contribution in [2.24, 2.45) is 0 Å². The van der Waals surface area contributed by atoms with Crippen molar-refractivity contribution in [1.82, 2.24) is 0 Å². The lowest BCUT2D eigenvalue weighted by molar-refractivity contribution is 0.299. The van der Waals surface area contributed by atoms with E-state index >= 15 is 0 Å². The molecule has 0 aromatic heterocycles. The van der Waals surface area contributed by atoms with Gasteiger partial charge in [0.25, 0.3) is 10.3 Å². The van der Waals surface area contributed by atoms with Crippen molar-refractivity contribution in [2.45, 2.75) is 97.8 Å². The van der Waals surface area contributed by atoms with E-state index in [0.717, 1.165) is 29.8 Å². The molecule has 31 heavy (non-hydrogen) atoms. The number of hydrogen-bond acceptors (Lipinski definition) is 4. The van der Waals surface area contributed by atoms with Gasteiger partial charge in [0.05, 0.1) is 13.2 Å². The topological polar surface area (TPSA) is 42.5 Å². The lowest BCUT2D eigenvalue weighted by atomic mass is 10.1. The van der Waals surface area contributed by atoms with Gasteiger partial charge in [0.2, 0.25) is 0 Å². The predicted molar refractivity (Wildman–Crippen MR) is 142 cm³/mol. The van der Waals surface area contributed by atoms with Crippen LogP contribution in [-0.2, 0) is 9.47 Å². The zero-order valence-electron chi connectivity index (χ0n) is 19.8. The second kappa shape index (κ2) is 18.2. The minimum Gasteiger partial charge on any atom is -0.471 e. The first-order chi connectivity index (χ1) is 15.1. The Balaban J connectivity index is 2.30. The van der Waals surface area contributed by atoms with Gasteiger partial charge in [-0.2, -0.15) is 0 Å². The molecule has 0 bridgehead atoms. The van der Waals surface area contributed by atoms with Crippen molar-refractivity contribution in [2.75, 3.05) is 23.8 Å². The van der Waals surface area contributed by atoms with Crippen LogP contribution in [0.3, 0.4) is 0 Å². The quantitative estimate of drug-likeness (QED) is 0.189. The molecule has 0 unspecified atom stereocenters. The Morgan fingerprint density at radius 2 is 1.19 bits per heavy atom. The molecule has 0 atom stereocenters. The van der Waals surface area contributed by atoms with Gasteiger partial charge in [0.15, 0.2) is 0 Å². The van der Waals surface area contributed by atoms with Crippen LogP contribution in [-0.4, -0.2) is 23.6 Å². The third-order valence-electron chi connectivity index (χ3n) is 5.18. The highest BCUT2D eigenvalue weighted by molar-refractivity contribution is 7.80. The highest BCUT2D eigenvalue weighted by Gasteiger charge is 2.06. The molecule has 0 saturated heterocycles. The Kier molecular flexibility index (Phi) is 16.2. The molecule has 0 fully saturated rings. The van der Waals surface area contributed by atoms with Crippen LogP contribution in [0.25, 0.3) is 0 Å². The molecular formula is C25H42N2O2S2. The second-order valence-electron chi connectivity index (χ2n) is 8.09. The molecule has 0 saturated carbocycles. The molecular weight excluding hydrogens is 424 g/mol. The first kappa shape index (κ1) is 27.6. The van der Waals surface area contributed by atoms with E-state index in [-0.39, 0.29) is 0 Å². The molecule has 6 heteroatoms. The molecule has 0 radical (unpaired) electrons. The van der Waals surface area contributed by atoms with Crippen LogP contribution in [0, 0.1) is 6.92 Å². The van der Waals surface area contributed by atoms with Crippen molar-refractivity contribution in [1.29, 1.82) is 0 Å². The van der Waals surface area contributed by atoms with E-state index in [1.54, 1.807) is 0 Å². The van der Waals surface area contributed by atoms with Gasteiger partial charge < -0.3 is 20.1 Å². The molecule has 176 valence electrons. The van der Waals surface area contributed by atoms with Crippen molar-refractivity contribution in [3.63, 3.8) is 0 Å². The number of anilines is 2. The molecule has 1 aromatic carbocycles. The van der Waals surface area contributed by atoms with Gasteiger partial charge in [-0.05, 0) is 61.9 Å². The van der Waals surface area contributed by atoms with E-state index in [1.807, 2.05) is 25.1 Å². The van der Waals surface area contributed by atoms with Gasteiger partial charge >= 0.3 is 0 Å². The van der Waals surface area contributed by atoms with E-state index in [1.165, 1.54) is 64.2 Å². The molecule has 0 spiro atoms. The molecule has 0 aliphatic rings. The van der Waals surface area contributed by atoms with Crippen LogP contribution in [0.15, 0.2) is 18.2 Å². The summed E-state index contributed by atoms with van der Waals surface area (Å²) in [5, 5.41) is 7.17. The number of unbranched alkanes of at least 4 members (excludes halogenated alkanes) is 10. The summed E-state index contributed by atoms with van der Waals surface area (Å²) >= 11 is 10.7. The Hall–Kier alpha value is -1.40. The van der Waals surface area contributed by atoms with E-state index < -0.39 is 0 Å². The summed E-state index contributed by atoms with van der Waals surface area (Å²) < 4.78 is 11.3. The number of hydrogen-bond donors (Lipinski definition) is 2. The number of thiocarbonyl (C=S) groups is 2. The molecule has 2 N–H and O–H groups in total. The highest BCUT2D eigenvalue weighted by Crippen LogP contribution is 2.21. The fourth-order valence-electron chi connectivity index (χ4n) is 3.23. The summed E-state index contributed by atoms with van der Waals surface area (Å²) in [6, 6.07) is 5.99. The molecule has 1 aromatic rings. The third kappa shape index (κ3) is 14.3. The standard InChI is InChI=1S/C25H42N2O2S2/c1-4-6-8-10-12-14-18-28-24(30)26-22-17-16-21(3)23(20-22)27-25(31)29-19-15-13-11-9-7-5-2/h16-17,20H,4-15,18-19H2,1-3H3,(H,26,30)(H,27,31). The fourth-order valence-corrected chi connectivity index (χ4v) is 3.62. The zero-order chi connectivity index (χ0) is 22.7. The van der Waals surface area contributed by atoms with Crippen molar-refractivity contribution in [3.8, 4) is 0 Å². The fraction of sp³-hybridized carbons (Fsp3) is 0.680. The number of nitrogens with one attached hydrogen (secondary N) is 2. The molecule has 4 nitrogen and oxygen atoms in total. The largest absolute Gasteiger partial charge is 0.471 e. The van der Waals surface area contributed by atoms with E-state index in [9.17, 15) is 0 Å². The Morgan fingerprint density at radius 1 is 0.710 bits per heavy atom. The second-order valence-corrected chi connectivity index (χ2v) is 8.83. The summed E-state index contributed by atoms with van der Waals surface area (Å²) in [6.45, 7) is 7.82. The van der Waals surface area contributed by atoms with Gasteiger partial charge in [-0.15, -0.1) is 0 Å². The molecule has 0 aliphatic carbocycles. The summed E-state index contributed by atoms with van der Waals surface area (Å²) in [5.74, 6) is 0. The average Bonchev–Trinajstić information content (AvgIpc) is 2.75. The first-order valence-electron chi connectivity index (χ1n) is 12.0. The molecule has 0 amide bonds. The van der Waals surface area contributed by atoms with E-state index in [0.29, 0.717) is 23.6 Å². The van der Waals surface area contributed by atoms with Crippen LogP contribution in [0.4, 0.5) is 11.4 Å². The maximum absolute atomic E-state index is 5.68. The van der Waals surface area contributed by atoms with Gasteiger partial charge in [-0.3, -0.25) is 0 Å². The highest BCUT2D eigenvalue weighted by atomic mass is 32.1. The van der Waals surface area contributed by atoms with Crippen LogP contribution < -0.4 is 10.6 Å². The molecule has 0 heterocycles. The van der Waals surface area contributed by atoms with Crippen LogP contribution in [0.2, 0.25) is 0 Å². The summed E-state index contributed by atoms with van der Waals surface area (Å²) in [6.07, 6.45) is 14.8. The Morgan fingerprint density at radius 3 is 1.74 bits per heavy atom. The lowest BCUT2D eigenvalue weighted by Crippen LogP contribution is -2.16. The van der Waals surface area contributed by atoms with Crippen LogP contribution >= 0.6 is 24.4 Å². The SMILES string of the molecule is CCCCCCCCOC(=S)Nc1ccc(C)c(NC(=S)OCCCCCCCC)c1. The minimum atomic E-state index is 0.408. The summed E-state index contributed by atoms with van der Waals surface area (Å²) in [4.78, 5) is 0. The summed E-state index contributed by atoms with van der Waals surface area (Å²) in [7, 11) is 0.